The molecule has 1 aromatic heterocycles. The first kappa shape index (κ1) is 19.8. The topological polar surface area (TPSA) is 133 Å². The zero-order valence-electron chi connectivity index (χ0n) is 16.5. The Balaban J connectivity index is 1.78. The van der Waals surface area contributed by atoms with Crippen molar-refractivity contribution in [2.24, 2.45) is 0 Å². The number of nitriles is 1. The summed E-state index contributed by atoms with van der Waals surface area (Å²) in [6.45, 7) is 1.73. The maximum atomic E-state index is 13.5. The lowest BCUT2D eigenvalue weighted by Gasteiger charge is -2.30. The second-order valence-electron chi connectivity index (χ2n) is 7.02. The Labute approximate surface area is 177 Å². The van der Waals surface area contributed by atoms with Gasteiger partial charge < -0.3 is 21.8 Å². The number of rotatable bonds is 4. The Kier molecular flexibility index (Phi) is 4.97. The van der Waals surface area contributed by atoms with E-state index in [9.17, 15) is 14.4 Å². The number of hydrogen-bond acceptors (Lipinski definition) is 6. The van der Waals surface area contributed by atoms with E-state index >= 15 is 0 Å². The summed E-state index contributed by atoms with van der Waals surface area (Å²) in [5, 5.41) is 27.1. The molecule has 1 atom stereocenters. The summed E-state index contributed by atoms with van der Waals surface area (Å²) in [5.74, 6) is -0.340. The molecule has 1 aliphatic rings. The number of halogens is 1. The first-order valence-electron chi connectivity index (χ1n) is 9.35. The van der Waals surface area contributed by atoms with Crippen molar-refractivity contribution in [3.05, 3.63) is 82.4 Å². The van der Waals surface area contributed by atoms with Crippen LogP contribution in [0, 0.1) is 22.6 Å². The molecule has 0 radical (unpaired) electrons. The molecule has 0 fully saturated rings. The van der Waals surface area contributed by atoms with E-state index in [-0.39, 0.29) is 0 Å². The fraction of sp³-hybridized carbons (Fsp3) is 0.0909. The van der Waals surface area contributed by atoms with Gasteiger partial charge in [0.15, 0.2) is 0 Å². The van der Waals surface area contributed by atoms with Gasteiger partial charge >= 0.3 is 0 Å². The molecule has 1 amide bonds. The number of nitrogens with two attached hydrogens (primary N) is 1. The van der Waals surface area contributed by atoms with Gasteiger partial charge in [-0.1, -0.05) is 12.1 Å². The largest absolute Gasteiger partial charge is 0.398 e. The average molecular weight is 415 g/mol. The van der Waals surface area contributed by atoms with Crippen LogP contribution in [0.1, 0.15) is 29.7 Å². The van der Waals surface area contributed by atoms with Gasteiger partial charge in [-0.25, -0.2) is 9.07 Å². The average Bonchev–Trinajstić information content (AvgIpc) is 3.17. The molecule has 4 rings (SSSR count). The minimum absolute atomic E-state index is 0.333. The second kappa shape index (κ2) is 7.76. The molecular weight excluding hydrogens is 397 g/mol. The molecule has 1 unspecified atom stereocenters. The summed E-state index contributed by atoms with van der Waals surface area (Å²) in [5.41, 5.74) is 9.08. The first-order valence-corrected chi connectivity index (χ1v) is 9.35. The number of aromatic nitrogens is 2. The summed E-state index contributed by atoms with van der Waals surface area (Å²) in [6, 6.07) is 12.1. The normalized spacial score (nSPS) is 14.9. The number of nitrogens with zero attached hydrogens (tertiary/aromatic N) is 3. The predicted octanol–water partition coefficient (Wildman–Crippen LogP) is 3.40. The summed E-state index contributed by atoms with van der Waals surface area (Å²) in [4.78, 5) is 13.3. The Bertz CT molecular complexity index is 1270. The number of benzene rings is 2. The second-order valence-corrected chi connectivity index (χ2v) is 7.02. The lowest BCUT2D eigenvalue weighted by molar-refractivity contribution is -0.113. The van der Waals surface area contributed by atoms with Gasteiger partial charge in [0.2, 0.25) is 0 Å². The van der Waals surface area contributed by atoms with Crippen molar-refractivity contribution >= 4 is 29.3 Å². The minimum Gasteiger partial charge on any atom is -0.398 e. The van der Waals surface area contributed by atoms with Gasteiger partial charge in [0.05, 0.1) is 11.8 Å². The van der Waals surface area contributed by atoms with E-state index in [0.29, 0.717) is 45.2 Å². The maximum Gasteiger partial charge on any atom is 0.255 e. The molecule has 8 nitrogen and oxygen atoms in total. The molecule has 0 spiro atoms. The zero-order chi connectivity index (χ0) is 22.1. The number of amides is 1. The van der Waals surface area contributed by atoms with Crippen molar-refractivity contribution in [1.82, 2.24) is 9.78 Å². The van der Waals surface area contributed by atoms with E-state index < -0.39 is 17.8 Å². The van der Waals surface area contributed by atoms with Crippen LogP contribution >= 0.6 is 0 Å². The fourth-order valence-corrected chi connectivity index (χ4v) is 3.56. The molecule has 9 heteroatoms. The highest BCUT2D eigenvalue weighted by molar-refractivity contribution is 6.06. The van der Waals surface area contributed by atoms with E-state index in [1.165, 1.54) is 18.3 Å². The van der Waals surface area contributed by atoms with E-state index in [2.05, 4.69) is 21.8 Å². The molecule has 0 aliphatic carbocycles. The zero-order valence-corrected chi connectivity index (χ0v) is 16.5. The number of nitrogens with one attached hydrogen (secondary N) is 3. The number of carbonyl (C=O) groups is 1. The van der Waals surface area contributed by atoms with Crippen LogP contribution in [0.25, 0.3) is 0 Å². The summed E-state index contributed by atoms with van der Waals surface area (Å²) < 4.78 is 15.1. The van der Waals surface area contributed by atoms with Gasteiger partial charge in [-0.2, -0.15) is 10.4 Å². The number of nitrogen functional groups attached to an aromatic ring is 1. The molecular formula is C22H18FN7O. The standard InChI is InChI=1S/C22H18FN7O/c1-12-19(22(31)29-17-6-7-18(26)14(8-17)9-24)20(13-2-4-16(23)5-3-13)30-21(28-12)15(10-25)11-27-30/h2-9,11,20,24,28H,26H2,1H3,(H,29,31). The van der Waals surface area contributed by atoms with Crippen molar-refractivity contribution in [2.75, 3.05) is 16.4 Å². The van der Waals surface area contributed by atoms with E-state index in [0.717, 1.165) is 6.21 Å². The highest BCUT2D eigenvalue weighted by Gasteiger charge is 2.34. The quantitative estimate of drug-likeness (QED) is 0.383. The number of anilines is 3. The van der Waals surface area contributed by atoms with E-state index in [1.54, 1.807) is 41.9 Å². The molecule has 5 N–H and O–H groups in total. The van der Waals surface area contributed by atoms with Gasteiger partial charge in [0, 0.05) is 28.8 Å². The third kappa shape index (κ3) is 3.51. The smallest absolute Gasteiger partial charge is 0.255 e. The van der Waals surface area contributed by atoms with Crippen LogP contribution in [0.4, 0.5) is 21.6 Å². The van der Waals surface area contributed by atoms with Crippen LogP contribution in [-0.4, -0.2) is 21.9 Å². The molecule has 154 valence electrons. The molecule has 0 saturated carbocycles. The van der Waals surface area contributed by atoms with Crippen LogP contribution in [0.2, 0.25) is 0 Å². The van der Waals surface area contributed by atoms with Gasteiger partial charge in [0.1, 0.15) is 29.3 Å². The predicted molar refractivity (Wildman–Crippen MR) is 115 cm³/mol. The first-order chi connectivity index (χ1) is 14.9. The Morgan fingerprint density at radius 2 is 2.10 bits per heavy atom. The van der Waals surface area contributed by atoms with Gasteiger partial charge in [-0.05, 0) is 42.8 Å². The molecule has 0 bridgehead atoms. The van der Waals surface area contributed by atoms with Crippen molar-refractivity contribution in [1.29, 1.82) is 10.7 Å². The monoisotopic (exact) mass is 415 g/mol. The van der Waals surface area contributed by atoms with Crippen LogP contribution in [0.5, 0.6) is 0 Å². The van der Waals surface area contributed by atoms with Gasteiger partial charge in [-0.15, -0.1) is 0 Å². The van der Waals surface area contributed by atoms with E-state index in [4.69, 9.17) is 11.1 Å². The van der Waals surface area contributed by atoms with Crippen molar-refractivity contribution < 1.29 is 9.18 Å². The van der Waals surface area contributed by atoms with Gasteiger partial charge in [0.25, 0.3) is 5.91 Å². The van der Waals surface area contributed by atoms with Crippen LogP contribution in [0.3, 0.4) is 0 Å². The lowest BCUT2D eigenvalue weighted by Crippen LogP contribution is -2.31. The third-order valence-electron chi connectivity index (χ3n) is 5.07. The van der Waals surface area contributed by atoms with Crippen molar-refractivity contribution in [2.45, 2.75) is 13.0 Å². The lowest BCUT2D eigenvalue weighted by atomic mass is 9.94. The summed E-state index contributed by atoms with van der Waals surface area (Å²) in [6.07, 6.45) is 2.53. The third-order valence-corrected chi connectivity index (χ3v) is 5.07. The SMILES string of the molecule is CC1=C(C(=O)Nc2ccc(N)c(C=N)c2)C(c2ccc(F)cc2)n2ncc(C#N)c2N1. The van der Waals surface area contributed by atoms with Crippen LogP contribution < -0.4 is 16.4 Å². The van der Waals surface area contributed by atoms with Gasteiger partial charge in [-0.3, -0.25) is 4.79 Å². The molecule has 2 heterocycles. The molecule has 3 aromatic rings. The maximum absolute atomic E-state index is 13.5. The number of fused-ring (bicyclic) bond motifs is 1. The van der Waals surface area contributed by atoms with Crippen molar-refractivity contribution in [3.8, 4) is 6.07 Å². The van der Waals surface area contributed by atoms with E-state index in [1.807, 2.05) is 0 Å². The Morgan fingerprint density at radius 1 is 1.35 bits per heavy atom. The minimum atomic E-state index is -0.671. The number of carbonyl (C=O) groups excluding carboxylic acids is 1. The van der Waals surface area contributed by atoms with Crippen LogP contribution in [0.15, 0.2) is 59.9 Å². The Hall–Kier alpha value is -4.45. The summed E-state index contributed by atoms with van der Waals surface area (Å²) in [7, 11) is 0. The Morgan fingerprint density at radius 3 is 2.77 bits per heavy atom. The summed E-state index contributed by atoms with van der Waals surface area (Å²) >= 11 is 0. The molecule has 1 aliphatic heterocycles. The highest BCUT2D eigenvalue weighted by atomic mass is 19.1. The molecule has 31 heavy (non-hydrogen) atoms. The fourth-order valence-electron chi connectivity index (χ4n) is 3.56. The van der Waals surface area contributed by atoms with Crippen molar-refractivity contribution in [3.63, 3.8) is 0 Å². The number of allylic oxidation sites excluding steroid dienone is 1. The molecule has 2 aromatic carbocycles. The molecule has 0 saturated heterocycles. The van der Waals surface area contributed by atoms with Crippen LogP contribution in [-0.2, 0) is 4.79 Å². The highest BCUT2D eigenvalue weighted by Crippen LogP contribution is 2.37. The number of hydrogen-bond donors (Lipinski definition) is 4.